The molecule has 1 fully saturated rings. The fraction of sp³-hybridized carbons (Fsp3) is 0.300. The number of hydrogen-bond acceptors (Lipinski definition) is 2. The van der Waals surface area contributed by atoms with Gasteiger partial charge in [0, 0.05) is 0 Å². The molecule has 2 rings (SSSR count). The van der Waals surface area contributed by atoms with Crippen LogP contribution in [0.3, 0.4) is 0 Å². The molecule has 1 aromatic rings. The Morgan fingerprint density at radius 1 is 1.33 bits per heavy atom. The first-order valence-corrected chi connectivity index (χ1v) is 4.47. The Morgan fingerprint density at radius 3 is 2.33 bits per heavy atom. The van der Waals surface area contributed by atoms with Crippen LogP contribution in [0.4, 0.5) is 9.18 Å². The number of halogens is 1. The van der Waals surface area contributed by atoms with Gasteiger partial charge in [-0.2, -0.15) is 0 Å². The van der Waals surface area contributed by atoms with Gasteiger partial charge >= 0.3 is 6.09 Å². The minimum Gasteiger partial charge on any atom is -0.465 e. The third-order valence-electron chi connectivity index (χ3n) is 2.56. The van der Waals surface area contributed by atoms with E-state index in [0.717, 1.165) is 4.90 Å². The summed E-state index contributed by atoms with van der Waals surface area (Å²) in [5.41, 5.74) is -0.618. The van der Waals surface area contributed by atoms with E-state index in [2.05, 4.69) is 0 Å². The minimum atomic E-state index is -1.16. The van der Waals surface area contributed by atoms with Crippen LogP contribution in [0.25, 0.3) is 0 Å². The van der Waals surface area contributed by atoms with Crippen molar-refractivity contribution in [3.63, 3.8) is 0 Å². The number of β-amino-alcohol motifs (C(OH)–C–C–N with tert-alkyl or cyclic N) is 1. The van der Waals surface area contributed by atoms with Gasteiger partial charge in [0.2, 0.25) is 0 Å². The number of nitrogens with zero attached hydrogens (tertiary/aromatic N) is 1. The predicted molar refractivity (Wildman–Crippen MR) is 49.9 cm³/mol. The van der Waals surface area contributed by atoms with Crippen LogP contribution in [-0.2, 0) is 5.60 Å². The van der Waals surface area contributed by atoms with Crippen molar-refractivity contribution >= 4 is 6.09 Å². The first kappa shape index (κ1) is 9.92. The van der Waals surface area contributed by atoms with Gasteiger partial charge in [0.05, 0.1) is 13.1 Å². The molecule has 1 heterocycles. The van der Waals surface area contributed by atoms with Gasteiger partial charge in [-0.05, 0) is 17.7 Å². The smallest absolute Gasteiger partial charge is 0.407 e. The Bertz CT molecular complexity index is 384. The summed E-state index contributed by atoms with van der Waals surface area (Å²) < 4.78 is 12.6. The van der Waals surface area contributed by atoms with E-state index in [1.807, 2.05) is 0 Å². The molecule has 1 aromatic carbocycles. The number of aliphatic hydroxyl groups is 1. The van der Waals surface area contributed by atoms with Crippen molar-refractivity contribution in [1.82, 2.24) is 4.90 Å². The number of benzene rings is 1. The summed E-state index contributed by atoms with van der Waals surface area (Å²) in [7, 11) is 0. The van der Waals surface area contributed by atoms with E-state index in [1.54, 1.807) is 0 Å². The van der Waals surface area contributed by atoms with Crippen LogP contribution >= 0.6 is 0 Å². The highest BCUT2D eigenvalue weighted by Crippen LogP contribution is 2.31. The molecular formula is C10H10FNO3. The molecule has 0 aromatic heterocycles. The topological polar surface area (TPSA) is 60.8 Å². The molecule has 0 saturated carbocycles. The zero-order valence-corrected chi connectivity index (χ0v) is 7.85. The normalized spacial score (nSPS) is 18.4. The average molecular weight is 211 g/mol. The van der Waals surface area contributed by atoms with Gasteiger partial charge in [-0.25, -0.2) is 9.18 Å². The summed E-state index contributed by atoms with van der Waals surface area (Å²) in [6.07, 6.45) is -1.05. The third-order valence-corrected chi connectivity index (χ3v) is 2.56. The van der Waals surface area contributed by atoms with Crippen LogP contribution in [0.1, 0.15) is 5.56 Å². The number of likely N-dealkylation sites (tertiary alicyclic amines) is 1. The first-order chi connectivity index (χ1) is 7.01. The summed E-state index contributed by atoms with van der Waals surface area (Å²) in [4.78, 5) is 11.6. The van der Waals surface area contributed by atoms with Crippen LogP contribution in [0.15, 0.2) is 24.3 Å². The molecule has 1 saturated heterocycles. The van der Waals surface area contributed by atoms with Gasteiger partial charge in [0.1, 0.15) is 11.4 Å². The minimum absolute atomic E-state index is 0.0357. The number of rotatable bonds is 1. The average Bonchev–Trinajstić information content (AvgIpc) is 2.13. The molecule has 0 radical (unpaired) electrons. The van der Waals surface area contributed by atoms with Crippen molar-refractivity contribution in [2.75, 3.05) is 13.1 Å². The van der Waals surface area contributed by atoms with Crippen LogP contribution in [-0.4, -0.2) is 34.3 Å². The fourth-order valence-electron chi connectivity index (χ4n) is 1.66. The third kappa shape index (κ3) is 1.66. The molecule has 0 aliphatic carbocycles. The Balaban J connectivity index is 2.13. The number of carbonyl (C=O) groups is 1. The lowest BCUT2D eigenvalue weighted by atomic mass is 9.86. The fourth-order valence-corrected chi connectivity index (χ4v) is 1.66. The monoisotopic (exact) mass is 211 g/mol. The molecule has 1 aliphatic heterocycles. The molecule has 4 nitrogen and oxygen atoms in total. The molecule has 1 amide bonds. The lowest BCUT2D eigenvalue weighted by Gasteiger charge is -2.45. The highest BCUT2D eigenvalue weighted by Gasteiger charge is 2.45. The van der Waals surface area contributed by atoms with E-state index >= 15 is 0 Å². The van der Waals surface area contributed by atoms with Gasteiger partial charge in [0.25, 0.3) is 0 Å². The molecule has 0 atom stereocenters. The van der Waals surface area contributed by atoms with Crippen molar-refractivity contribution in [3.05, 3.63) is 35.6 Å². The summed E-state index contributed by atoms with van der Waals surface area (Å²) >= 11 is 0. The molecular weight excluding hydrogens is 201 g/mol. The van der Waals surface area contributed by atoms with E-state index in [0.29, 0.717) is 5.56 Å². The summed E-state index contributed by atoms with van der Waals surface area (Å²) in [6, 6.07) is 5.43. The number of hydrogen-bond donors (Lipinski definition) is 2. The summed E-state index contributed by atoms with van der Waals surface area (Å²) in [5, 5.41) is 18.6. The van der Waals surface area contributed by atoms with E-state index in [-0.39, 0.29) is 18.9 Å². The molecule has 15 heavy (non-hydrogen) atoms. The van der Waals surface area contributed by atoms with E-state index in [4.69, 9.17) is 5.11 Å². The maximum absolute atomic E-state index is 12.6. The standard InChI is InChI=1S/C10H10FNO3/c11-8-3-1-7(2-4-8)10(15)5-12(6-10)9(13)14/h1-4,15H,5-6H2,(H,13,14). The lowest BCUT2D eigenvalue weighted by molar-refractivity contribution is -0.0898. The van der Waals surface area contributed by atoms with Crippen LogP contribution in [0.2, 0.25) is 0 Å². The second kappa shape index (κ2) is 3.20. The van der Waals surface area contributed by atoms with Gasteiger partial charge in [-0.1, -0.05) is 12.1 Å². The van der Waals surface area contributed by atoms with Gasteiger partial charge in [-0.3, -0.25) is 0 Å². The van der Waals surface area contributed by atoms with Gasteiger partial charge in [-0.15, -0.1) is 0 Å². The zero-order chi connectivity index (χ0) is 11.1. The molecule has 1 aliphatic rings. The SMILES string of the molecule is O=C(O)N1CC(O)(c2ccc(F)cc2)C1. The van der Waals surface area contributed by atoms with Crippen molar-refractivity contribution in [2.24, 2.45) is 0 Å². The maximum Gasteiger partial charge on any atom is 0.407 e. The number of carboxylic acid groups (broad SMARTS) is 1. The number of amides is 1. The second-order valence-corrected chi connectivity index (χ2v) is 3.68. The van der Waals surface area contributed by atoms with Crippen LogP contribution in [0.5, 0.6) is 0 Å². The largest absolute Gasteiger partial charge is 0.465 e. The van der Waals surface area contributed by atoms with Crippen molar-refractivity contribution in [1.29, 1.82) is 0 Å². The van der Waals surface area contributed by atoms with E-state index in [1.165, 1.54) is 24.3 Å². The zero-order valence-electron chi connectivity index (χ0n) is 7.85. The first-order valence-electron chi connectivity index (χ1n) is 4.47. The Hall–Kier alpha value is -1.62. The molecule has 80 valence electrons. The van der Waals surface area contributed by atoms with Gasteiger partial charge < -0.3 is 15.1 Å². The second-order valence-electron chi connectivity index (χ2n) is 3.68. The highest BCUT2D eigenvalue weighted by molar-refractivity contribution is 5.67. The summed E-state index contributed by atoms with van der Waals surface area (Å²) in [6.45, 7) is 0.0714. The molecule has 0 spiro atoms. The molecule has 0 unspecified atom stereocenters. The van der Waals surface area contributed by atoms with E-state index < -0.39 is 11.7 Å². The van der Waals surface area contributed by atoms with Crippen molar-refractivity contribution in [2.45, 2.75) is 5.60 Å². The highest BCUT2D eigenvalue weighted by atomic mass is 19.1. The molecule has 0 bridgehead atoms. The predicted octanol–water partition coefficient (Wildman–Crippen LogP) is 1.01. The molecule has 5 heteroatoms. The lowest BCUT2D eigenvalue weighted by Crippen LogP contribution is -2.60. The Kier molecular flexibility index (Phi) is 2.12. The molecule has 2 N–H and O–H groups in total. The maximum atomic E-state index is 12.6. The quantitative estimate of drug-likeness (QED) is 0.728. The van der Waals surface area contributed by atoms with Crippen molar-refractivity contribution in [3.8, 4) is 0 Å². The Morgan fingerprint density at radius 2 is 1.87 bits per heavy atom. The van der Waals surface area contributed by atoms with Crippen molar-refractivity contribution < 1.29 is 19.4 Å². The Labute approximate surface area is 85.6 Å². The van der Waals surface area contributed by atoms with E-state index in [9.17, 15) is 14.3 Å². The summed E-state index contributed by atoms with van der Waals surface area (Å²) in [5.74, 6) is -0.378. The van der Waals surface area contributed by atoms with Crippen LogP contribution in [0, 0.1) is 5.82 Å². The van der Waals surface area contributed by atoms with Gasteiger partial charge in [0.15, 0.2) is 0 Å². The van der Waals surface area contributed by atoms with Crippen LogP contribution < -0.4 is 0 Å².